The van der Waals surface area contributed by atoms with Crippen LogP contribution in [0.25, 0.3) is 0 Å². The molecule has 96 valence electrons. The van der Waals surface area contributed by atoms with Crippen molar-refractivity contribution >= 4 is 36.7 Å². The molecular formula is C4H8B2F3N3O4S. The smallest absolute Gasteiger partial charge is 0.518 e. The van der Waals surface area contributed by atoms with E-state index in [1.165, 1.54) is 0 Å². The van der Waals surface area contributed by atoms with Gasteiger partial charge in [-0.15, -0.1) is 0 Å². The van der Waals surface area contributed by atoms with Crippen molar-refractivity contribution in [1.82, 2.24) is 5.23 Å². The van der Waals surface area contributed by atoms with Crippen molar-refractivity contribution in [3.05, 3.63) is 0 Å². The minimum absolute atomic E-state index is 0.388. The topological polar surface area (TPSA) is 112 Å². The third-order valence-electron chi connectivity index (χ3n) is 1.20. The number of nitrogens with zero attached hydrogens (tertiary/aromatic N) is 1. The Bertz CT molecular complexity index is 395. The van der Waals surface area contributed by atoms with E-state index in [9.17, 15) is 21.6 Å². The second-order valence-corrected chi connectivity index (χ2v) is 4.30. The molecule has 0 aromatic carbocycles. The van der Waals surface area contributed by atoms with Gasteiger partial charge in [0.1, 0.15) is 12.1 Å². The molecular weight excluding hydrogens is 265 g/mol. The summed E-state index contributed by atoms with van der Waals surface area (Å²) in [5.74, 6) is 0. The molecule has 0 aromatic heterocycles. The van der Waals surface area contributed by atoms with Gasteiger partial charge in [0.05, 0.1) is 0 Å². The van der Waals surface area contributed by atoms with Gasteiger partial charge in [-0.1, -0.05) is 0 Å². The Morgan fingerprint density at radius 1 is 1.65 bits per heavy atom. The fourth-order valence-electron chi connectivity index (χ4n) is 0.653. The van der Waals surface area contributed by atoms with E-state index < -0.39 is 35.8 Å². The first-order valence-corrected chi connectivity index (χ1v) is 5.49. The molecule has 17 heavy (non-hydrogen) atoms. The van der Waals surface area contributed by atoms with Gasteiger partial charge in [-0.2, -0.15) is 26.0 Å². The lowest BCUT2D eigenvalue weighted by Gasteiger charge is -2.09. The molecule has 0 saturated heterocycles. The normalized spacial score (nSPS) is 12.9. The molecule has 0 bridgehead atoms. The molecule has 0 saturated carbocycles. The zero-order valence-corrected chi connectivity index (χ0v) is 9.34. The first-order valence-electron chi connectivity index (χ1n) is 4.05. The lowest BCUT2D eigenvalue weighted by molar-refractivity contribution is -0.0435. The highest BCUT2D eigenvalue weighted by atomic mass is 32.2. The maximum Gasteiger partial charge on any atom is 0.518 e. The summed E-state index contributed by atoms with van der Waals surface area (Å²) < 4.78 is 64.0. The summed E-state index contributed by atoms with van der Waals surface area (Å²) in [4.78, 5) is 0. The lowest BCUT2D eigenvalue weighted by atomic mass is 9.84. The van der Waals surface area contributed by atoms with E-state index in [0.29, 0.717) is 6.40 Å². The SMILES string of the molecule is CB(O)N/C(BOC=N)=N\S(=O)(=O)C(F)(F)F. The molecule has 7 nitrogen and oxygen atoms in total. The maximum atomic E-state index is 12.0. The highest BCUT2D eigenvalue weighted by molar-refractivity contribution is 7.91. The average molecular weight is 273 g/mol. The Kier molecular flexibility index (Phi) is 5.48. The molecule has 0 aliphatic rings. The molecule has 0 amide bonds. The third kappa shape index (κ3) is 5.58. The van der Waals surface area contributed by atoms with Gasteiger partial charge in [0.15, 0.2) is 0 Å². The number of sulfonamides is 1. The second kappa shape index (κ2) is 5.91. The van der Waals surface area contributed by atoms with Crippen LogP contribution in [0.1, 0.15) is 0 Å². The van der Waals surface area contributed by atoms with Gasteiger partial charge in [0, 0.05) is 0 Å². The van der Waals surface area contributed by atoms with Gasteiger partial charge >= 0.3 is 30.1 Å². The fraction of sp³-hybridized carbons (Fsp3) is 0.500. The molecule has 0 fully saturated rings. The van der Waals surface area contributed by atoms with Crippen molar-refractivity contribution in [1.29, 1.82) is 5.41 Å². The summed E-state index contributed by atoms with van der Waals surface area (Å²) in [6, 6.07) is 0. The number of rotatable bonds is 5. The summed E-state index contributed by atoms with van der Waals surface area (Å²) in [7, 11) is -7.76. The van der Waals surface area contributed by atoms with Crippen LogP contribution in [0.3, 0.4) is 0 Å². The number of nitrogens with one attached hydrogen (secondary N) is 2. The Morgan fingerprint density at radius 3 is 2.53 bits per heavy atom. The van der Waals surface area contributed by atoms with E-state index in [1.807, 2.05) is 5.23 Å². The van der Waals surface area contributed by atoms with Crippen molar-refractivity contribution in [3.63, 3.8) is 0 Å². The van der Waals surface area contributed by atoms with Crippen LogP contribution in [0.5, 0.6) is 0 Å². The van der Waals surface area contributed by atoms with E-state index in [2.05, 4.69) is 9.05 Å². The second-order valence-electron chi connectivity index (χ2n) is 2.71. The number of hydrogen-bond acceptors (Lipinski definition) is 5. The highest BCUT2D eigenvalue weighted by Crippen LogP contribution is 2.24. The molecule has 0 radical (unpaired) electrons. The largest absolute Gasteiger partial charge is 0.548 e. The van der Waals surface area contributed by atoms with Crippen LogP contribution in [-0.4, -0.2) is 45.6 Å². The van der Waals surface area contributed by atoms with Gasteiger partial charge in [0.25, 0.3) is 0 Å². The first kappa shape index (κ1) is 15.8. The fourth-order valence-corrected chi connectivity index (χ4v) is 1.15. The summed E-state index contributed by atoms with van der Waals surface area (Å²) in [6.07, 6.45) is 0.388. The molecule has 0 aliphatic carbocycles. The maximum absolute atomic E-state index is 12.0. The van der Waals surface area contributed by atoms with Crippen LogP contribution in [-0.2, 0) is 14.7 Å². The molecule has 0 unspecified atom stereocenters. The molecule has 13 heteroatoms. The molecule has 0 spiro atoms. The third-order valence-corrected chi connectivity index (χ3v) is 2.25. The van der Waals surface area contributed by atoms with Crippen LogP contribution in [0.4, 0.5) is 13.2 Å². The Hall–Kier alpha value is -1.23. The summed E-state index contributed by atoms with van der Waals surface area (Å²) in [5.41, 5.74) is -6.30. The Labute approximate surface area is 96.0 Å². The zero-order chi connectivity index (χ0) is 13.7. The lowest BCUT2D eigenvalue weighted by Crippen LogP contribution is -2.41. The standard InChI is InChI=1S/C4H8B2F3N3O4S/c1-6(13)11-3(5-16-2-10)12-17(14,15)4(7,8)9/h2,5,10,13H,1H3,(H,11,12). The molecule has 0 heterocycles. The zero-order valence-electron chi connectivity index (χ0n) is 8.52. The van der Waals surface area contributed by atoms with E-state index in [0.717, 1.165) is 6.82 Å². The Balaban J connectivity index is 5.09. The minimum atomic E-state index is -5.71. The van der Waals surface area contributed by atoms with Crippen LogP contribution < -0.4 is 5.23 Å². The van der Waals surface area contributed by atoms with Crippen molar-refractivity contribution in [2.24, 2.45) is 4.40 Å². The van der Waals surface area contributed by atoms with Crippen molar-refractivity contribution in [3.8, 4) is 0 Å². The van der Waals surface area contributed by atoms with E-state index >= 15 is 0 Å². The molecule has 0 aliphatic heterocycles. The summed E-state index contributed by atoms with van der Waals surface area (Å²) in [5, 5.41) is 17.3. The van der Waals surface area contributed by atoms with Crippen LogP contribution in [0.15, 0.2) is 4.40 Å². The van der Waals surface area contributed by atoms with Crippen molar-refractivity contribution in [2.75, 3.05) is 0 Å². The van der Waals surface area contributed by atoms with Crippen molar-refractivity contribution in [2.45, 2.75) is 12.3 Å². The number of alkyl halides is 3. The average Bonchev–Trinajstić information content (AvgIpc) is 2.10. The van der Waals surface area contributed by atoms with Crippen LogP contribution >= 0.6 is 0 Å². The highest BCUT2D eigenvalue weighted by Gasteiger charge is 2.46. The van der Waals surface area contributed by atoms with Crippen LogP contribution in [0.2, 0.25) is 6.82 Å². The van der Waals surface area contributed by atoms with E-state index in [-0.39, 0.29) is 0 Å². The number of amidine groups is 1. The van der Waals surface area contributed by atoms with Gasteiger partial charge in [-0.05, 0) is 6.82 Å². The van der Waals surface area contributed by atoms with Crippen molar-refractivity contribution < 1.29 is 31.3 Å². The first-order chi connectivity index (χ1) is 7.60. The van der Waals surface area contributed by atoms with Crippen LogP contribution in [0, 0.1) is 5.41 Å². The van der Waals surface area contributed by atoms with Gasteiger partial charge < -0.3 is 14.9 Å². The molecule has 3 N–H and O–H groups in total. The number of halogens is 3. The summed E-state index contributed by atoms with van der Waals surface area (Å²) >= 11 is 0. The summed E-state index contributed by atoms with van der Waals surface area (Å²) in [6.45, 7) is 1.14. The molecule has 0 aromatic rings. The predicted octanol–water partition coefficient (Wildman–Crippen LogP) is -1.13. The number of hydrogen-bond donors (Lipinski definition) is 3. The quantitative estimate of drug-likeness (QED) is 0.333. The van der Waals surface area contributed by atoms with Gasteiger partial charge in [0.2, 0.25) is 0 Å². The minimum Gasteiger partial charge on any atom is -0.548 e. The molecule has 0 atom stereocenters. The van der Waals surface area contributed by atoms with Gasteiger partial charge in [-0.25, -0.2) is 0 Å². The Morgan fingerprint density at radius 2 is 2.18 bits per heavy atom. The van der Waals surface area contributed by atoms with E-state index in [4.69, 9.17) is 10.4 Å². The predicted molar refractivity (Wildman–Crippen MR) is 56.4 cm³/mol. The monoisotopic (exact) mass is 273 g/mol. The molecule has 0 rings (SSSR count). The van der Waals surface area contributed by atoms with E-state index in [1.54, 1.807) is 0 Å². The van der Waals surface area contributed by atoms with Gasteiger partial charge in [-0.3, -0.25) is 5.41 Å².